The molecule has 3 atom stereocenters. The lowest BCUT2D eigenvalue weighted by Crippen LogP contribution is -2.30. The third-order valence-electron chi connectivity index (χ3n) is 3.90. The first-order valence-corrected chi connectivity index (χ1v) is 7.15. The number of nitrogens with one attached hydrogen (secondary N) is 1. The largest absolute Gasteiger partial charge is 0.491 e. The molecule has 3 unspecified atom stereocenters. The maximum absolute atomic E-state index is 5.67. The summed E-state index contributed by atoms with van der Waals surface area (Å²) in [4.78, 5) is 0. The van der Waals surface area contributed by atoms with E-state index in [4.69, 9.17) is 18.9 Å². The van der Waals surface area contributed by atoms with E-state index < -0.39 is 0 Å². The minimum absolute atomic E-state index is 0.146. The van der Waals surface area contributed by atoms with E-state index in [2.05, 4.69) is 17.4 Å². The van der Waals surface area contributed by atoms with Gasteiger partial charge in [0.25, 0.3) is 0 Å². The Hall–Kier alpha value is -1.14. The van der Waals surface area contributed by atoms with Crippen molar-refractivity contribution in [1.82, 2.24) is 5.32 Å². The first-order chi connectivity index (χ1) is 9.84. The first kappa shape index (κ1) is 12.6. The summed E-state index contributed by atoms with van der Waals surface area (Å²) in [6.07, 6.45) is 0.702. The molecule has 0 amide bonds. The number of hydrogen-bond acceptors (Lipinski definition) is 5. The van der Waals surface area contributed by atoms with Gasteiger partial charge in [-0.3, -0.25) is 0 Å². The molecule has 20 heavy (non-hydrogen) atoms. The molecule has 0 spiro atoms. The Bertz CT molecular complexity index is 463. The highest BCUT2D eigenvalue weighted by atomic mass is 16.6. The molecule has 0 aliphatic carbocycles. The van der Waals surface area contributed by atoms with Crippen LogP contribution >= 0.6 is 0 Å². The van der Waals surface area contributed by atoms with Crippen molar-refractivity contribution in [1.29, 1.82) is 0 Å². The van der Waals surface area contributed by atoms with Crippen molar-refractivity contribution in [2.45, 2.75) is 17.8 Å². The fourth-order valence-corrected chi connectivity index (χ4v) is 2.29. The predicted octanol–water partition coefficient (Wildman–Crippen LogP) is 0.678. The van der Waals surface area contributed by atoms with Gasteiger partial charge < -0.3 is 24.3 Å². The molecule has 4 rings (SSSR count). The lowest BCUT2D eigenvalue weighted by Gasteiger charge is -2.14. The normalized spacial score (nSPS) is 33.8. The zero-order chi connectivity index (χ0) is 13.4. The summed E-state index contributed by atoms with van der Waals surface area (Å²) in [5, 5.41) is 3.41. The summed E-state index contributed by atoms with van der Waals surface area (Å²) in [6, 6.07) is 8.19. The molecule has 3 fully saturated rings. The van der Waals surface area contributed by atoms with Crippen molar-refractivity contribution in [2.24, 2.45) is 0 Å². The van der Waals surface area contributed by atoms with E-state index in [9.17, 15) is 0 Å². The smallest absolute Gasteiger partial charge is 0.129 e. The summed E-state index contributed by atoms with van der Waals surface area (Å²) < 4.78 is 21.6. The second-order valence-corrected chi connectivity index (χ2v) is 5.66. The van der Waals surface area contributed by atoms with Gasteiger partial charge in [0.15, 0.2) is 0 Å². The van der Waals surface area contributed by atoms with E-state index in [0.717, 1.165) is 38.7 Å². The molecule has 1 aromatic carbocycles. The van der Waals surface area contributed by atoms with Crippen LogP contribution in [0.5, 0.6) is 5.75 Å². The van der Waals surface area contributed by atoms with E-state index in [0.29, 0.717) is 18.8 Å². The van der Waals surface area contributed by atoms with Gasteiger partial charge in [0.2, 0.25) is 0 Å². The van der Waals surface area contributed by atoms with E-state index in [1.165, 1.54) is 5.56 Å². The monoisotopic (exact) mass is 277 g/mol. The third-order valence-corrected chi connectivity index (χ3v) is 3.90. The highest BCUT2D eigenvalue weighted by Crippen LogP contribution is 2.38. The van der Waals surface area contributed by atoms with Gasteiger partial charge in [-0.05, 0) is 17.7 Å². The summed E-state index contributed by atoms with van der Waals surface area (Å²) in [5.74, 6) is 0.888. The van der Waals surface area contributed by atoms with Crippen molar-refractivity contribution in [3.63, 3.8) is 0 Å². The van der Waals surface area contributed by atoms with Crippen LogP contribution < -0.4 is 10.1 Å². The van der Waals surface area contributed by atoms with Crippen LogP contribution in [0.2, 0.25) is 0 Å². The van der Waals surface area contributed by atoms with Crippen LogP contribution in [0, 0.1) is 0 Å². The molecule has 5 nitrogen and oxygen atoms in total. The zero-order valence-electron chi connectivity index (χ0n) is 11.3. The van der Waals surface area contributed by atoms with Crippen molar-refractivity contribution < 1.29 is 18.9 Å². The van der Waals surface area contributed by atoms with Crippen LogP contribution in [0.15, 0.2) is 24.3 Å². The van der Waals surface area contributed by atoms with E-state index in [-0.39, 0.29) is 5.60 Å². The van der Waals surface area contributed by atoms with Crippen molar-refractivity contribution in [2.75, 3.05) is 39.5 Å². The van der Waals surface area contributed by atoms with Gasteiger partial charge >= 0.3 is 0 Å². The Balaban J connectivity index is 1.31. The number of rotatable bonds is 8. The van der Waals surface area contributed by atoms with E-state index in [1.54, 1.807) is 0 Å². The second-order valence-electron chi connectivity index (χ2n) is 5.66. The SMILES string of the molecule is c1cc(C2(CNCC3CO3)CO2)ccc1OCC1CO1. The minimum Gasteiger partial charge on any atom is -0.491 e. The molecule has 0 saturated carbocycles. The molecule has 108 valence electrons. The molecular formula is C15H19NO4. The van der Waals surface area contributed by atoms with Crippen molar-refractivity contribution >= 4 is 0 Å². The number of epoxide rings is 3. The average molecular weight is 277 g/mol. The Morgan fingerprint density at radius 1 is 1.15 bits per heavy atom. The van der Waals surface area contributed by atoms with Crippen LogP contribution in [-0.2, 0) is 19.8 Å². The standard InChI is InChI=1S/C15H19NO4/c1-3-12(17-7-14-8-19-14)4-2-11(1)15(10-20-15)9-16-5-13-6-18-13/h1-4,13-14,16H,5-10H2. The molecule has 0 aromatic heterocycles. The number of ether oxygens (including phenoxy) is 4. The topological polar surface area (TPSA) is 58.8 Å². The molecule has 5 heteroatoms. The maximum Gasteiger partial charge on any atom is 0.129 e. The molecule has 1 aromatic rings. The van der Waals surface area contributed by atoms with Gasteiger partial charge in [0.05, 0.1) is 25.9 Å². The van der Waals surface area contributed by atoms with Crippen molar-refractivity contribution in [3.05, 3.63) is 29.8 Å². The van der Waals surface area contributed by atoms with Gasteiger partial charge in [-0.15, -0.1) is 0 Å². The molecule has 0 radical (unpaired) electrons. The molecule has 3 heterocycles. The third kappa shape index (κ3) is 2.96. The molecule has 3 aliphatic rings. The van der Waals surface area contributed by atoms with E-state index >= 15 is 0 Å². The Morgan fingerprint density at radius 3 is 2.45 bits per heavy atom. The Morgan fingerprint density at radius 2 is 1.85 bits per heavy atom. The van der Waals surface area contributed by atoms with Crippen LogP contribution in [0.4, 0.5) is 0 Å². The van der Waals surface area contributed by atoms with Crippen LogP contribution in [0.25, 0.3) is 0 Å². The number of hydrogen-bond donors (Lipinski definition) is 1. The molecule has 1 N–H and O–H groups in total. The summed E-state index contributed by atoms with van der Waals surface area (Å²) in [7, 11) is 0. The molecular weight excluding hydrogens is 258 g/mol. The molecule has 0 bridgehead atoms. The first-order valence-electron chi connectivity index (χ1n) is 7.15. The predicted molar refractivity (Wildman–Crippen MR) is 71.9 cm³/mol. The maximum atomic E-state index is 5.67. The van der Waals surface area contributed by atoms with Gasteiger partial charge in [-0.1, -0.05) is 12.1 Å². The zero-order valence-corrected chi connectivity index (χ0v) is 11.3. The van der Waals surface area contributed by atoms with E-state index in [1.807, 2.05) is 12.1 Å². The van der Waals surface area contributed by atoms with Crippen LogP contribution in [-0.4, -0.2) is 51.7 Å². The quantitative estimate of drug-likeness (QED) is 0.708. The fraction of sp³-hybridized carbons (Fsp3) is 0.600. The lowest BCUT2D eigenvalue weighted by molar-refractivity contribution is 0.262. The summed E-state index contributed by atoms with van der Waals surface area (Å²) in [6.45, 7) is 4.88. The average Bonchev–Trinajstić information content (AvgIpc) is 3.34. The highest BCUT2D eigenvalue weighted by molar-refractivity contribution is 5.33. The number of benzene rings is 1. The van der Waals surface area contributed by atoms with Gasteiger partial charge in [0.1, 0.15) is 24.1 Å². The Labute approximate surface area is 118 Å². The highest BCUT2D eigenvalue weighted by Gasteiger charge is 2.46. The lowest BCUT2D eigenvalue weighted by atomic mass is 10.00. The summed E-state index contributed by atoms with van der Waals surface area (Å²) >= 11 is 0. The van der Waals surface area contributed by atoms with Gasteiger partial charge in [0, 0.05) is 13.1 Å². The second kappa shape index (κ2) is 5.00. The summed E-state index contributed by atoms with van der Waals surface area (Å²) in [5.41, 5.74) is 1.06. The molecule has 3 aliphatic heterocycles. The van der Waals surface area contributed by atoms with Gasteiger partial charge in [-0.25, -0.2) is 0 Å². The Kier molecular flexibility index (Phi) is 3.15. The van der Waals surface area contributed by atoms with Gasteiger partial charge in [-0.2, -0.15) is 0 Å². The fourth-order valence-electron chi connectivity index (χ4n) is 2.29. The van der Waals surface area contributed by atoms with Crippen LogP contribution in [0.3, 0.4) is 0 Å². The van der Waals surface area contributed by atoms with Crippen LogP contribution in [0.1, 0.15) is 5.56 Å². The van der Waals surface area contributed by atoms with Crippen molar-refractivity contribution in [3.8, 4) is 5.75 Å². The molecule has 3 saturated heterocycles. The minimum atomic E-state index is -0.146.